The minimum Gasteiger partial charge on any atom is -0.508 e. The van der Waals surface area contributed by atoms with Crippen molar-refractivity contribution in [3.63, 3.8) is 0 Å². The Morgan fingerprint density at radius 1 is 1.19 bits per heavy atom. The number of carbonyl (C=O) groups is 1. The van der Waals surface area contributed by atoms with Crippen molar-refractivity contribution < 1.29 is 15.0 Å². The number of rotatable bonds is 2. The lowest BCUT2D eigenvalue weighted by Crippen LogP contribution is -2.27. The van der Waals surface area contributed by atoms with Gasteiger partial charge in [0.1, 0.15) is 11.5 Å². The van der Waals surface area contributed by atoms with Crippen LogP contribution in [-0.4, -0.2) is 16.1 Å². The lowest BCUT2D eigenvalue weighted by atomic mass is 10.1. The molecule has 0 spiro atoms. The minimum atomic E-state index is -0.405. The number of aryl methyl sites for hydroxylation is 1. The first kappa shape index (κ1) is 13.3. The number of nitrogens with one attached hydrogen (secondary N) is 1. The van der Waals surface area contributed by atoms with Crippen molar-refractivity contribution in [3.05, 3.63) is 53.1 Å². The second kappa shape index (κ2) is 5.01. The monoisotopic (exact) mass is 284 g/mol. The van der Waals surface area contributed by atoms with Crippen LogP contribution in [-0.2, 0) is 6.42 Å². The van der Waals surface area contributed by atoms with Crippen molar-refractivity contribution in [3.8, 4) is 11.5 Å². The van der Waals surface area contributed by atoms with Gasteiger partial charge in [-0.1, -0.05) is 6.07 Å². The van der Waals surface area contributed by atoms with Crippen LogP contribution in [0.5, 0.6) is 11.5 Å². The smallest absolute Gasteiger partial charge is 0.255 e. The Labute approximate surface area is 122 Å². The summed E-state index contributed by atoms with van der Waals surface area (Å²) in [6.45, 7) is 0. The van der Waals surface area contributed by atoms with Crippen LogP contribution >= 0.6 is 0 Å². The van der Waals surface area contributed by atoms with Gasteiger partial charge < -0.3 is 21.3 Å². The first-order valence-electron chi connectivity index (χ1n) is 6.76. The zero-order chi connectivity index (χ0) is 15.0. The number of carbonyl (C=O) groups excluding carboxylic acids is 1. The van der Waals surface area contributed by atoms with Crippen LogP contribution < -0.4 is 11.1 Å². The average molecular weight is 284 g/mol. The number of anilines is 1. The SMILES string of the molecule is Nc1ccc2c(c1)CCC2NC(=O)c1cc(O)ccc1O. The number of hydrogen-bond acceptors (Lipinski definition) is 4. The molecule has 0 bridgehead atoms. The van der Waals surface area contributed by atoms with Crippen LogP contribution in [0.4, 0.5) is 5.69 Å². The maximum absolute atomic E-state index is 12.2. The van der Waals surface area contributed by atoms with E-state index in [4.69, 9.17) is 5.73 Å². The standard InChI is InChI=1S/C16H16N2O3/c17-10-2-4-12-9(7-10)1-5-14(12)18-16(21)13-8-11(19)3-6-15(13)20/h2-4,6-8,14,19-20H,1,5,17H2,(H,18,21). The summed E-state index contributed by atoms with van der Waals surface area (Å²) in [5.41, 5.74) is 8.73. The van der Waals surface area contributed by atoms with E-state index in [-0.39, 0.29) is 23.1 Å². The molecule has 5 nitrogen and oxygen atoms in total. The van der Waals surface area contributed by atoms with E-state index in [1.54, 1.807) is 0 Å². The molecule has 1 aliphatic carbocycles. The third-order valence-electron chi connectivity index (χ3n) is 3.77. The van der Waals surface area contributed by atoms with Gasteiger partial charge >= 0.3 is 0 Å². The molecule has 5 N–H and O–H groups in total. The van der Waals surface area contributed by atoms with Crippen LogP contribution in [0.15, 0.2) is 36.4 Å². The molecule has 21 heavy (non-hydrogen) atoms. The number of nitrogen functional groups attached to an aromatic ring is 1. The number of phenolic OH excluding ortho intramolecular Hbond substituents is 2. The summed E-state index contributed by atoms with van der Waals surface area (Å²) in [5, 5.41) is 22.0. The van der Waals surface area contributed by atoms with Crippen molar-refractivity contribution in [2.75, 3.05) is 5.73 Å². The fourth-order valence-corrected chi connectivity index (χ4v) is 2.73. The van der Waals surface area contributed by atoms with Crippen molar-refractivity contribution in [2.24, 2.45) is 0 Å². The molecule has 0 aromatic heterocycles. The lowest BCUT2D eigenvalue weighted by Gasteiger charge is -2.15. The molecule has 0 heterocycles. The number of benzene rings is 2. The molecular formula is C16H16N2O3. The highest BCUT2D eigenvalue weighted by Crippen LogP contribution is 2.33. The number of fused-ring (bicyclic) bond motifs is 1. The zero-order valence-corrected chi connectivity index (χ0v) is 11.3. The highest BCUT2D eigenvalue weighted by Gasteiger charge is 2.25. The van der Waals surface area contributed by atoms with E-state index in [2.05, 4.69) is 5.32 Å². The van der Waals surface area contributed by atoms with E-state index < -0.39 is 5.91 Å². The molecule has 3 rings (SSSR count). The van der Waals surface area contributed by atoms with E-state index in [0.717, 1.165) is 24.0 Å². The average Bonchev–Trinajstić information content (AvgIpc) is 2.83. The predicted molar refractivity (Wildman–Crippen MR) is 79.2 cm³/mol. The number of phenols is 2. The highest BCUT2D eigenvalue weighted by molar-refractivity contribution is 5.97. The minimum absolute atomic E-state index is 0.0578. The Morgan fingerprint density at radius 2 is 2.00 bits per heavy atom. The molecule has 108 valence electrons. The number of amides is 1. The number of aromatic hydroxyl groups is 2. The van der Waals surface area contributed by atoms with Gasteiger partial charge in [-0.3, -0.25) is 4.79 Å². The van der Waals surface area contributed by atoms with Crippen LogP contribution in [0.2, 0.25) is 0 Å². The van der Waals surface area contributed by atoms with Gasteiger partial charge in [-0.25, -0.2) is 0 Å². The molecule has 5 heteroatoms. The van der Waals surface area contributed by atoms with E-state index in [1.807, 2.05) is 18.2 Å². The number of hydrogen-bond donors (Lipinski definition) is 4. The first-order valence-corrected chi connectivity index (χ1v) is 6.76. The molecule has 0 saturated heterocycles. The fourth-order valence-electron chi connectivity index (χ4n) is 2.73. The van der Waals surface area contributed by atoms with Crippen molar-refractivity contribution in [2.45, 2.75) is 18.9 Å². The predicted octanol–water partition coefficient (Wildman–Crippen LogP) is 2.10. The summed E-state index contributed by atoms with van der Waals surface area (Å²) in [4.78, 5) is 12.2. The molecule has 0 saturated carbocycles. The molecule has 0 radical (unpaired) electrons. The third-order valence-corrected chi connectivity index (χ3v) is 3.77. The molecule has 0 aliphatic heterocycles. The molecule has 1 atom stereocenters. The van der Waals surface area contributed by atoms with Gasteiger partial charge in [-0.15, -0.1) is 0 Å². The van der Waals surface area contributed by atoms with Gasteiger partial charge in [0.15, 0.2) is 0 Å². The summed E-state index contributed by atoms with van der Waals surface area (Å²) in [5.74, 6) is -0.614. The van der Waals surface area contributed by atoms with Gasteiger partial charge in [0, 0.05) is 5.69 Å². The van der Waals surface area contributed by atoms with E-state index >= 15 is 0 Å². The van der Waals surface area contributed by atoms with Crippen LogP contribution in [0.25, 0.3) is 0 Å². The molecule has 0 fully saturated rings. The summed E-state index contributed by atoms with van der Waals surface area (Å²) in [7, 11) is 0. The lowest BCUT2D eigenvalue weighted by molar-refractivity contribution is 0.0933. The second-order valence-corrected chi connectivity index (χ2v) is 5.22. The maximum Gasteiger partial charge on any atom is 0.255 e. The van der Waals surface area contributed by atoms with Crippen LogP contribution in [0.3, 0.4) is 0 Å². The molecule has 2 aromatic rings. The summed E-state index contributed by atoms with van der Waals surface area (Å²) in [6.07, 6.45) is 1.65. The Balaban J connectivity index is 1.82. The Bertz CT molecular complexity index is 713. The normalized spacial score (nSPS) is 16.5. The van der Waals surface area contributed by atoms with E-state index in [1.165, 1.54) is 18.2 Å². The first-order chi connectivity index (χ1) is 10.0. The Morgan fingerprint density at radius 3 is 2.81 bits per heavy atom. The zero-order valence-electron chi connectivity index (χ0n) is 11.3. The van der Waals surface area contributed by atoms with E-state index in [0.29, 0.717) is 5.69 Å². The Hall–Kier alpha value is -2.69. The fraction of sp³-hybridized carbons (Fsp3) is 0.188. The molecule has 2 aromatic carbocycles. The molecule has 1 aliphatic rings. The largest absolute Gasteiger partial charge is 0.508 e. The Kier molecular flexibility index (Phi) is 3.17. The topological polar surface area (TPSA) is 95.6 Å². The maximum atomic E-state index is 12.2. The van der Waals surface area contributed by atoms with Gasteiger partial charge in [0.2, 0.25) is 0 Å². The van der Waals surface area contributed by atoms with Crippen LogP contribution in [0.1, 0.15) is 33.9 Å². The van der Waals surface area contributed by atoms with Crippen molar-refractivity contribution in [1.29, 1.82) is 0 Å². The third kappa shape index (κ3) is 2.50. The second-order valence-electron chi connectivity index (χ2n) is 5.22. The summed E-state index contributed by atoms with van der Waals surface area (Å²) >= 11 is 0. The van der Waals surface area contributed by atoms with Gasteiger partial charge in [-0.05, 0) is 54.3 Å². The van der Waals surface area contributed by atoms with Crippen molar-refractivity contribution in [1.82, 2.24) is 5.32 Å². The summed E-state index contributed by atoms with van der Waals surface area (Å²) < 4.78 is 0. The number of nitrogens with two attached hydrogens (primary N) is 1. The van der Waals surface area contributed by atoms with Gasteiger partial charge in [-0.2, -0.15) is 0 Å². The van der Waals surface area contributed by atoms with Gasteiger partial charge in [0.05, 0.1) is 11.6 Å². The van der Waals surface area contributed by atoms with E-state index in [9.17, 15) is 15.0 Å². The summed E-state index contributed by atoms with van der Waals surface area (Å²) in [6, 6.07) is 9.44. The molecule has 1 unspecified atom stereocenters. The van der Waals surface area contributed by atoms with Crippen molar-refractivity contribution >= 4 is 11.6 Å². The molecule has 1 amide bonds. The molecular weight excluding hydrogens is 268 g/mol. The quantitative estimate of drug-likeness (QED) is 0.501. The highest BCUT2D eigenvalue weighted by atomic mass is 16.3. The van der Waals surface area contributed by atoms with Gasteiger partial charge in [0.25, 0.3) is 5.91 Å². The van der Waals surface area contributed by atoms with Crippen LogP contribution in [0, 0.1) is 0 Å².